The van der Waals surface area contributed by atoms with Gasteiger partial charge in [0.25, 0.3) is 0 Å². The highest BCUT2D eigenvalue weighted by Gasteiger charge is 2.23. The fourth-order valence-corrected chi connectivity index (χ4v) is 2.78. The molecule has 0 amide bonds. The van der Waals surface area contributed by atoms with Crippen molar-refractivity contribution in [1.82, 2.24) is 10.2 Å². The molecule has 0 aromatic carbocycles. The predicted octanol–water partition coefficient (Wildman–Crippen LogP) is 1.73. The zero-order valence-electron chi connectivity index (χ0n) is 11.3. The lowest BCUT2D eigenvalue weighted by Gasteiger charge is -2.35. The van der Waals surface area contributed by atoms with Crippen molar-refractivity contribution in [2.24, 2.45) is 5.92 Å². The Morgan fingerprint density at radius 1 is 1.31 bits per heavy atom. The van der Waals surface area contributed by atoms with Crippen LogP contribution < -0.4 is 5.32 Å². The van der Waals surface area contributed by atoms with Crippen LogP contribution in [0.3, 0.4) is 0 Å². The van der Waals surface area contributed by atoms with Crippen molar-refractivity contribution in [1.29, 1.82) is 0 Å². The average Bonchev–Trinajstić information content (AvgIpc) is 2.29. The Morgan fingerprint density at radius 2 is 1.94 bits per heavy atom. The van der Waals surface area contributed by atoms with Gasteiger partial charge in [-0.05, 0) is 45.7 Å². The molecule has 0 radical (unpaired) electrons. The van der Waals surface area contributed by atoms with Gasteiger partial charge in [-0.15, -0.1) is 0 Å². The number of nitrogens with zero attached hydrogens (tertiary/aromatic N) is 1. The van der Waals surface area contributed by atoms with E-state index in [0.29, 0.717) is 5.92 Å². The molecule has 0 aliphatic heterocycles. The number of hydrogen-bond acceptors (Lipinski definition) is 3. The van der Waals surface area contributed by atoms with Crippen molar-refractivity contribution in [3.63, 3.8) is 0 Å². The molecule has 1 unspecified atom stereocenters. The van der Waals surface area contributed by atoms with Gasteiger partial charge >= 0.3 is 0 Å². The van der Waals surface area contributed by atoms with Gasteiger partial charge in [0.1, 0.15) is 0 Å². The Morgan fingerprint density at radius 3 is 2.44 bits per heavy atom. The fraction of sp³-hybridized carbons (Fsp3) is 1.00. The third kappa shape index (κ3) is 4.40. The molecular formula is C13H28N2O. The Bertz CT molecular complexity index is 179. The van der Waals surface area contributed by atoms with Crippen molar-refractivity contribution in [3.8, 4) is 0 Å². The summed E-state index contributed by atoms with van der Waals surface area (Å²) in [5.74, 6) is 0.636. The first kappa shape index (κ1) is 13.9. The van der Waals surface area contributed by atoms with Gasteiger partial charge in [0.05, 0.1) is 0 Å². The van der Waals surface area contributed by atoms with Crippen molar-refractivity contribution in [3.05, 3.63) is 0 Å². The fourth-order valence-electron chi connectivity index (χ4n) is 2.78. The summed E-state index contributed by atoms with van der Waals surface area (Å²) in [5, 5.41) is 3.39. The molecule has 1 aliphatic rings. The first-order valence-corrected chi connectivity index (χ1v) is 6.53. The second kappa shape index (κ2) is 7.25. The van der Waals surface area contributed by atoms with E-state index in [0.717, 1.165) is 25.2 Å². The van der Waals surface area contributed by atoms with Crippen LogP contribution in [0.2, 0.25) is 0 Å². The normalized spacial score (nSPS) is 28.3. The summed E-state index contributed by atoms with van der Waals surface area (Å²) >= 11 is 0. The van der Waals surface area contributed by atoms with E-state index in [1.165, 1.54) is 25.7 Å². The molecule has 0 heterocycles. The molecule has 1 atom stereocenters. The molecule has 1 N–H and O–H groups in total. The Kier molecular flexibility index (Phi) is 6.32. The van der Waals surface area contributed by atoms with Crippen LogP contribution in [0.15, 0.2) is 0 Å². The highest BCUT2D eigenvalue weighted by molar-refractivity contribution is 4.81. The first-order valence-electron chi connectivity index (χ1n) is 6.53. The molecule has 3 heteroatoms. The maximum Gasteiger partial charge on any atom is 0.0500 e. The third-order valence-corrected chi connectivity index (χ3v) is 3.78. The SMILES string of the molecule is CNC1CCC(N(C)CC(C)COC)CC1. The molecule has 16 heavy (non-hydrogen) atoms. The Balaban J connectivity index is 2.24. The Hall–Kier alpha value is -0.120. The first-order chi connectivity index (χ1) is 7.67. The van der Waals surface area contributed by atoms with Crippen LogP contribution in [0.5, 0.6) is 0 Å². The zero-order chi connectivity index (χ0) is 12.0. The molecule has 0 aromatic rings. The minimum Gasteiger partial charge on any atom is -0.384 e. The van der Waals surface area contributed by atoms with Crippen molar-refractivity contribution in [2.45, 2.75) is 44.7 Å². The molecule has 0 bridgehead atoms. The van der Waals surface area contributed by atoms with Gasteiger partial charge in [0.2, 0.25) is 0 Å². The molecule has 1 fully saturated rings. The highest BCUT2D eigenvalue weighted by atomic mass is 16.5. The molecule has 3 nitrogen and oxygen atoms in total. The van der Waals surface area contributed by atoms with Gasteiger partial charge in [-0.25, -0.2) is 0 Å². The lowest BCUT2D eigenvalue weighted by molar-refractivity contribution is 0.108. The number of rotatable bonds is 6. The summed E-state index contributed by atoms with van der Waals surface area (Å²) in [6.07, 6.45) is 5.32. The summed E-state index contributed by atoms with van der Waals surface area (Å²) in [7, 11) is 6.13. The van der Waals surface area contributed by atoms with E-state index in [2.05, 4.69) is 31.2 Å². The van der Waals surface area contributed by atoms with Crippen LogP contribution >= 0.6 is 0 Å². The van der Waals surface area contributed by atoms with Gasteiger partial charge in [-0.2, -0.15) is 0 Å². The second-order valence-electron chi connectivity index (χ2n) is 5.29. The summed E-state index contributed by atoms with van der Waals surface area (Å²) in [4.78, 5) is 2.52. The van der Waals surface area contributed by atoms with Crippen LogP contribution in [0, 0.1) is 5.92 Å². The van der Waals surface area contributed by atoms with Crippen molar-refractivity contribution >= 4 is 0 Å². The molecule has 0 saturated heterocycles. The van der Waals surface area contributed by atoms with E-state index >= 15 is 0 Å². The lowest BCUT2D eigenvalue weighted by Crippen LogP contribution is -2.41. The molecule has 1 saturated carbocycles. The number of hydrogen-bond donors (Lipinski definition) is 1. The molecular weight excluding hydrogens is 200 g/mol. The standard InChI is InChI=1S/C13H28N2O/c1-11(10-16-4)9-15(3)13-7-5-12(14-2)6-8-13/h11-14H,5-10H2,1-4H3. The van der Waals surface area contributed by atoms with Crippen LogP contribution in [0.4, 0.5) is 0 Å². The summed E-state index contributed by atoms with van der Waals surface area (Å²) in [6.45, 7) is 4.29. The van der Waals surface area contributed by atoms with E-state index in [4.69, 9.17) is 4.74 Å². The third-order valence-electron chi connectivity index (χ3n) is 3.78. The van der Waals surface area contributed by atoms with Crippen LogP contribution in [-0.2, 0) is 4.74 Å². The highest BCUT2D eigenvalue weighted by Crippen LogP contribution is 2.22. The minimum absolute atomic E-state index is 0.636. The van der Waals surface area contributed by atoms with E-state index in [1.807, 2.05) is 0 Å². The van der Waals surface area contributed by atoms with Crippen molar-refractivity contribution < 1.29 is 4.74 Å². The summed E-state index contributed by atoms with van der Waals surface area (Å²) in [6, 6.07) is 1.53. The summed E-state index contributed by atoms with van der Waals surface area (Å²) < 4.78 is 5.19. The number of methoxy groups -OCH3 is 1. The monoisotopic (exact) mass is 228 g/mol. The maximum absolute atomic E-state index is 5.19. The second-order valence-corrected chi connectivity index (χ2v) is 5.29. The van der Waals surface area contributed by atoms with E-state index in [9.17, 15) is 0 Å². The Labute approximate surface area is 101 Å². The molecule has 96 valence electrons. The van der Waals surface area contributed by atoms with Crippen LogP contribution in [-0.4, -0.2) is 51.3 Å². The largest absolute Gasteiger partial charge is 0.384 e. The van der Waals surface area contributed by atoms with Gasteiger partial charge in [0.15, 0.2) is 0 Å². The molecule has 1 aliphatic carbocycles. The number of ether oxygens (including phenoxy) is 1. The lowest BCUT2D eigenvalue weighted by atomic mass is 9.90. The molecule has 0 aromatic heterocycles. The summed E-state index contributed by atoms with van der Waals surface area (Å²) in [5.41, 5.74) is 0. The average molecular weight is 228 g/mol. The van der Waals surface area contributed by atoms with E-state index < -0.39 is 0 Å². The predicted molar refractivity (Wildman–Crippen MR) is 68.8 cm³/mol. The zero-order valence-corrected chi connectivity index (χ0v) is 11.3. The van der Waals surface area contributed by atoms with E-state index in [-0.39, 0.29) is 0 Å². The number of nitrogens with one attached hydrogen (secondary N) is 1. The quantitative estimate of drug-likeness (QED) is 0.749. The van der Waals surface area contributed by atoms with E-state index in [1.54, 1.807) is 7.11 Å². The minimum atomic E-state index is 0.636. The van der Waals surface area contributed by atoms with Gasteiger partial charge < -0.3 is 15.0 Å². The van der Waals surface area contributed by atoms with Gasteiger partial charge in [-0.1, -0.05) is 6.92 Å². The maximum atomic E-state index is 5.19. The van der Waals surface area contributed by atoms with Gasteiger partial charge in [-0.3, -0.25) is 0 Å². The molecule has 0 spiro atoms. The van der Waals surface area contributed by atoms with Crippen LogP contribution in [0.25, 0.3) is 0 Å². The van der Waals surface area contributed by atoms with Gasteiger partial charge in [0, 0.05) is 32.3 Å². The molecule has 1 rings (SSSR count). The van der Waals surface area contributed by atoms with Crippen LogP contribution in [0.1, 0.15) is 32.6 Å². The van der Waals surface area contributed by atoms with Crippen molar-refractivity contribution in [2.75, 3.05) is 34.4 Å². The smallest absolute Gasteiger partial charge is 0.0500 e. The topological polar surface area (TPSA) is 24.5 Å².